The number of amidine groups is 1. The zero-order chi connectivity index (χ0) is 22.1. The summed E-state index contributed by atoms with van der Waals surface area (Å²) in [7, 11) is 0. The number of piperidine rings is 1. The lowest BCUT2D eigenvalue weighted by molar-refractivity contribution is 0.0164. The van der Waals surface area contributed by atoms with E-state index in [2.05, 4.69) is 6.58 Å². The number of nitrogens with one attached hydrogen (secondary N) is 1. The summed E-state index contributed by atoms with van der Waals surface area (Å²) in [6.45, 7) is 11.1. The van der Waals surface area contributed by atoms with Gasteiger partial charge < -0.3 is 20.3 Å². The van der Waals surface area contributed by atoms with Gasteiger partial charge in [-0.05, 0) is 45.7 Å². The highest BCUT2D eigenvalue weighted by Crippen LogP contribution is 2.30. The fourth-order valence-corrected chi connectivity index (χ4v) is 3.96. The zero-order valence-electron chi connectivity index (χ0n) is 17.9. The molecular formula is C22H31N5O3. The Labute approximate surface area is 177 Å². The number of amides is 3. The molecule has 1 aromatic rings. The Morgan fingerprint density at radius 1 is 1.30 bits per heavy atom. The second kappa shape index (κ2) is 8.38. The number of ether oxygens (including phenoxy) is 1. The number of carbonyl (C=O) groups is 2. The molecule has 0 bridgehead atoms. The number of carbonyl (C=O) groups excluding carboxylic acids is 2. The van der Waals surface area contributed by atoms with Crippen molar-refractivity contribution in [3.8, 4) is 0 Å². The molecule has 8 nitrogen and oxygen atoms in total. The largest absolute Gasteiger partial charge is 0.444 e. The highest BCUT2D eigenvalue weighted by Gasteiger charge is 2.42. The molecule has 2 fully saturated rings. The van der Waals surface area contributed by atoms with E-state index in [1.54, 1.807) is 34.1 Å². The van der Waals surface area contributed by atoms with Gasteiger partial charge in [-0.1, -0.05) is 18.2 Å². The SMILES string of the molecule is C=CC1CN(c2cccc(C(=N)N)c2)C(=O)N1C1CCN(C(=O)OC(C)(C)C)CC1. The first-order chi connectivity index (χ1) is 14.1. The van der Waals surface area contributed by atoms with Gasteiger partial charge in [-0.15, -0.1) is 6.58 Å². The van der Waals surface area contributed by atoms with Gasteiger partial charge >= 0.3 is 12.1 Å². The number of nitrogen functional groups attached to an aromatic ring is 1. The number of hydrogen-bond donors (Lipinski definition) is 2. The summed E-state index contributed by atoms with van der Waals surface area (Å²) in [6.07, 6.45) is 2.87. The molecule has 2 saturated heterocycles. The molecule has 162 valence electrons. The van der Waals surface area contributed by atoms with Gasteiger partial charge in [0, 0.05) is 30.4 Å². The maximum absolute atomic E-state index is 13.3. The highest BCUT2D eigenvalue weighted by atomic mass is 16.6. The van der Waals surface area contributed by atoms with Crippen LogP contribution in [-0.4, -0.2) is 65.1 Å². The van der Waals surface area contributed by atoms with E-state index < -0.39 is 5.60 Å². The van der Waals surface area contributed by atoms with Crippen LogP contribution in [0.5, 0.6) is 0 Å². The Hall–Kier alpha value is -3.03. The zero-order valence-corrected chi connectivity index (χ0v) is 17.9. The second-order valence-corrected chi connectivity index (χ2v) is 8.77. The van der Waals surface area contributed by atoms with Crippen molar-refractivity contribution in [3.05, 3.63) is 42.5 Å². The standard InChI is InChI=1S/C22H31N5O3/c1-5-16-14-26(18-8-6-7-15(13-18)19(23)24)20(28)27(16)17-9-11-25(12-10-17)21(29)30-22(2,3)4/h5-8,13,16-17H,1,9-12,14H2,2-4H3,(H3,23,24). The predicted octanol–water partition coefficient (Wildman–Crippen LogP) is 3.17. The molecule has 1 aromatic carbocycles. The number of anilines is 1. The van der Waals surface area contributed by atoms with Crippen molar-refractivity contribution in [2.45, 2.75) is 51.3 Å². The fraction of sp³-hybridized carbons (Fsp3) is 0.500. The van der Waals surface area contributed by atoms with Crippen LogP contribution < -0.4 is 10.6 Å². The number of likely N-dealkylation sites (tertiary alicyclic amines) is 1. The summed E-state index contributed by atoms with van der Waals surface area (Å²) in [5.41, 5.74) is 6.37. The third-order valence-corrected chi connectivity index (χ3v) is 5.43. The van der Waals surface area contributed by atoms with Crippen LogP contribution in [0.4, 0.5) is 15.3 Å². The summed E-state index contributed by atoms with van der Waals surface area (Å²) in [6, 6.07) is 6.98. The van der Waals surface area contributed by atoms with Crippen molar-refractivity contribution in [3.63, 3.8) is 0 Å². The number of benzene rings is 1. The van der Waals surface area contributed by atoms with Crippen LogP contribution in [0.1, 0.15) is 39.2 Å². The van der Waals surface area contributed by atoms with Crippen molar-refractivity contribution in [1.29, 1.82) is 5.41 Å². The third kappa shape index (κ3) is 4.58. The molecule has 0 radical (unpaired) electrons. The van der Waals surface area contributed by atoms with Crippen molar-refractivity contribution >= 4 is 23.6 Å². The molecule has 0 spiro atoms. The topological polar surface area (TPSA) is 103 Å². The van der Waals surface area contributed by atoms with Crippen LogP contribution in [0.25, 0.3) is 0 Å². The van der Waals surface area contributed by atoms with Crippen LogP contribution in [0.15, 0.2) is 36.9 Å². The van der Waals surface area contributed by atoms with Gasteiger partial charge in [0.15, 0.2) is 0 Å². The third-order valence-electron chi connectivity index (χ3n) is 5.43. The molecule has 2 aliphatic rings. The first kappa shape index (κ1) is 21.7. The van der Waals surface area contributed by atoms with Crippen molar-refractivity contribution in [1.82, 2.24) is 9.80 Å². The molecule has 2 aliphatic heterocycles. The van der Waals surface area contributed by atoms with Gasteiger partial charge in [0.25, 0.3) is 0 Å². The molecule has 3 rings (SSSR count). The first-order valence-electron chi connectivity index (χ1n) is 10.3. The summed E-state index contributed by atoms with van der Waals surface area (Å²) in [5, 5.41) is 7.64. The van der Waals surface area contributed by atoms with E-state index in [-0.39, 0.29) is 30.0 Å². The van der Waals surface area contributed by atoms with Gasteiger partial charge in [0.2, 0.25) is 0 Å². The van der Waals surface area contributed by atoms with Gasteiger partial charge in [0.05, 0.1) is 12.6 Å². The maximum atomic E-state index is 13.3. The molecule has 2 heterocycles. The Morgan fingerprint density at radius 3 is 2.53 bits per heavy atom. The number of nitrogens with two attached hydrogens (primary N) is 1. The summed E-state index contributed by atoms with van der Waals surface area (Å²) in [4.78, 5) is 30.9. The quantitative estimate of drug-likeness (QED) is 0.449. The molecule has 8 heteroatoms. The normalized spacial score (nSPS) is 20.4. The lowest BCUT2D eigenvalue weighted by atomic mass is 10.0. The molecule has 3 N–H and O–H groups in total. The van der Waals surface area contributed by atoms with Crippen molar-refractivity contribution < 1.29 is 14.3 Å². The second-order valence-electron chi connectivity index (χ2n) is 8.77. The molecule has 30 heavy (non-hydrogen) atoms. The van der Waals surface area contributed by atoms with Crippen LogP contribution in [0.3, 0.4) is 0 Å². The van der Waals surface area contributed by atoms with Crippen LogP contribution >= 0.6 is 0 Å². The summed E-state index contributed by atoms with van der Waals surface area (Å²) >= 11 is 0. The molecule has 1 atom stereocenters. The minimum Gasteiger partial charge on any atom is -0.444 e. The predicted molar refractivity (Wildman–Crippen MR) is 117 cm³/mol. The van der Waals surface area contributed by atoms with Crippen LogP contribution in [0.2, 0.25) is 0 Å². The average molecular weight is 414 g/mol. The number of hydrogen-bond acceptors (Lipinski definition) is 4. The first-order valence-corrected chi connectivity index (χ1v) is 10.3. The van der Waals surface area contributed by atoms with E-state index in [0.717, 1.165) is 0 Å². The molecule has 1 unspecified atom stereocenters. The monoisotopic (exact) mass is 413 g/mol. The number of urea groups is 1. The van der Waals surface area contributed by atoms with Gasteiger partial charge in [-0.3, -0.25) is 10.3 Å². The van der Waals surface area contributed by atoms with E-state index in [1.165, 1.54) is 0 Å². The van der Waals surface area contributed by atoms with Crippen molar-refractivity contribution in [2.24, 2.45) is 5.73 Å². The summed E-state index contributed by atoms with van der Waals surface area (Å²) < 4.78 is 5.46. The smallest absolute Gasteiger partial charge is 0.410 e. The highest BCUT2D eigenvalue weighted by molar-refractivity contribution is 5.99. The van der Waals surface area contributed by atoms with Crippen molar-refractivity contribution in [2.75, 3.05) is 24.5 Å². The molecule has 0 saturated carbocycles. The molecule has 0 aromatic heterocycles. The van der Waals surface area contributed by atoms with E-state index in [9.17, 15) is 9.59 Å². The van der Waals surface area contributed by atoms with Gasteiger partial charge in [0.1, 0.15) is 11.4 Å². The maximum Gasteiger partial charge on any atom is 0.410 e. The minimum atomic E-state index is -0.526. The Kier molecular flexibility index (Phi) is 6.05. The number of rotatable bonds is 4. The summed E-state index contributed by atoms with van der Waals surface area (Å²) in [5.74, 6) is -0.0323. The average Bonchev–Trinajstić information content (AvgIpc) is 3.03. The lowest BCUT2D eigenvalue weighted by Gasteiger charge is -2.38. The van der Waals surface area contributed by atoms with Gasteiger partial charge in [-0.25, -0.2) is 9.59 Å². The minimum absolute atomic E-state index is 0.0279. The van der Waals surface area contributed by atoms with E-state index in [1.807, 2.05) is 31.7 Å². The number of nitrogens with zero attached hydrogens (tertiary/aromatic N) is 3. The van der Waals surface area contributed by atoms with E-state index in [4.69, 9.17) is 15.9 Å². The fourth-order valence-electron chi connectivity index (χ4n) is 3.96. The molecule has 3 amide bonds. The van der Waals surface area contributed by atoms with Crippen LogP contribution in [0, 0.1) is 5.41 Å². The van der Waals surface area contributed by atoms with Crippen LogP contribution in [-0.2, 0) is 4.74 Å². The molecule has 0 aliphatic carbocycles. The lowest BCUT2D eigenvalue weighted by Crippen LogP contribution is -2.50. The Bertz CT molecular complexity index is 839. The van der Waals surface area contributed by atoms with E-state index in [0.29, 0.717) is 43.7 Å². The van der Waals surface area contributed by atoms with Gasteiger partial charge in [-0.2, -0.15) is 0 Å². The Morgan fingerprint density at radius 2 is 1.97 bits per heavy atom. The molecular weight excluding hydrogens is 382 g/mol. The Balaban J connectivity index is 1.70. The van der Waals surface area contributed by atoms with E-state index >= 15 is 0 Å².